The maximum absolute atomic E-state index is 12.2. The lowest BCUT2D eigenvalue weighted by Gasteiger charge is -2.34. The molecule has 136 valence electrons. The number of piperazine rings is 1. The summed E-state index contributed by atoms with van der Waals surface area (Å²) in [6.07, 6.45) is -0.661. The van der Waals surface area contributed by atoms with Crippen LogP contribution in [-0.2, 0) is 14.3 Å². The van der Waals surface area contributed by atoms with Gasteiger partial charge in [0.25, 0.3) is 0 Å². The fourth-order valence-corrected chi connectivity index (χ4v) is 2.68. The highest BCUT2D eigenvalue weighted by atomic mass is 35.5. The molecular weight excluding hydrogens is 369 g/mol. The van der Waals surface area contributed by atoms with Gasteiger partial charge in [-0.1, -0.05) is 23.2 Å². The summed E-state index contributed by atoms with van der Waals surface area (Å²) in [5.41, 5.74) is 0.472. The predicted octanol–water partition coefficient (Wildman–Crippen LogP) is 2.62. The predicted molar refractivity (Wildman–Crippen MR) is 94.9 cm³/mol. The van der Waals surface area contributed by atoms with Crippen LogP contribution in [0.2, 0.25) is 10.0 Å². The average molecular weight is 388 g/mol. The molecule has 2 rings (SSSR count). The van der Waals surface area contributed by atoms with E-state index in [1.807, 2.05) is 0 Å². The van der Waals surface area contributed by atoms with Gasteiger partial charge in [-0.25, -0.2) is 4.79 Å². The zero-order chi connectivity index (χ0) is 18.4. The van der Waals surface area contributed by atoms with Crippen LogP contribution in [0.1, 0.15) is 13.3 Å². The Kier molecular flexibility index (Phi) is 6.90. The summed E-state index contributed by atoms with van der Waals surface area (Å²) in [6.45, 7) is 3.57. The molecule has 3 amide bonds. The number of anilines is 1. The first-order valence-electron chi connectivity index (χ1n) is 7.85. The molecule has 0 bridgehead atoms. The van der Waals surface area contributed by atoms with Gasteiger partial charge in [0.1, 0.15) is 6.42 Å². The van der Waals surface area contributed by atoms with Gasteiger partial charge < -0.3 is 19.9 Å². The molecule has 0 unspecified atom stereocenters. The lowest BCUT2D eigenvalue weighted by molar-refractivity contribution is -0.135. The van der Waals surface area contributed by atoms with Crippen molar-refractivity contribution in [1.29, 1.82) is 0 Å². The molecule has 1 aliphatic heterocycles. The summed E-state index contributed by atoms with van der Waals surface area (Å²) in [5.74, 6) is -0.725. The second kappa shape index (κ2) is 8.92. The first kappa shape index (κ1) is 19.3. The summed E-state index contributed by atoms with van der Waals surface area (Å²) >= 11 is 11.7. The molecule has 25 heavy (non-hydrogen) atoms. The topological polar surface area (TPSA) is 79.0 Å². The maximum atomic E-state index is 12.2. The van der Waals surface area contributed by atoms with Crippen LogP contribution in [-0.4, -0.2) is 60.5 Å². The van der Waals surface area contributed by atoms with E-state index in [1.165, 1.54) is 6.07 Å². The maximum Gasteiger partial charge on any atom is 0.409 e. The van der Waals surface area contributed by atoms with Gasteiger partial charge in [0.2, 0.25) is 11.8 Å². The molecule has 0 aliphatic carbocycles. The van der Waals surface area contributed by atoms with Gasteiger partial charge in [0, 0.05) is 31.9 Å². The Morgan fingerprint density at radius 3 is 2.32 bits per heavy atom. The number of nitrogens with zero attached hydrogens (tertiary/aromatic N) is 2. The molecule has 0 aromatic heterocycles. The highest BCUT2D eigenvalue weighted by Crippen LogP contribution is 2.25. The van der Waals surface area contributed by atoms with Crippen molar-refractivity contribution in [2.75, 3.05) is 38.1 Å². The number of benzene rings is 1. The Morgan fingerprint density at radius 2 is 1.72 bits per heavy atom. The first-order chi connectivity index (χ1) is 11.9. The molecule has 1 aromatic rings. The van der Waals surface area contributed by atoms with Crippen LogP contribution in [0.25, 0.3) is 0 Å². The van der Waals surface area contributed by atoms with Crippen molar-refractivity contribution in [3.8, 4) is 0 Å². The summed E-state index contributed by atoms with van der Waals surface area (Å²) in [5, 5.41) is 3.31. The normalized spacial score (nSPS) is 14.2. The molecule has 0 spiro atoms. The molecule has 1 fully saturated rings. The third-order valence-corrected chi connectivity index (χ3v) is 4.41. The van der Waals surface area contributed by atoms with E-state index >= 15 is 0 Å². The lowest BCUT2D eigenvalue weighted by atomic mass is 10.2. The third kappa shape index (κ3) is 5.51. The molecule has 1 N–H and O–H groups in total. The van der Waals surface area contributed by atoms with E-state index in [0.29, 0.717) is 48.5 Å². The van der Waals surface area contributed by atoms with Crippen LogP contribution in [0.3, 0.4) is 0 Å². The summed E-state index contributed by atoms with van der Waals surface area (Å²) in [6, 6.07) is 4.69. The molecule has 7 nitrogen and oxygen atoms in total. The number of hydrogen-bond acceptors (Lipinski definition) is 4. The van der Waals surface area contributed by atoms with E-state index in [0.717, 1.165) is 0 Å². The number of carbonyl (C=O) groups is 3. The van der Waals surface area contributed by atoms with Gasteiger partial charge in [-0.15, -0.1) is 0 Å². The molecular formula is C16H19Cl2N3O4. The molecule has 9 heteroatoms. The molecule has 1 saturated heterocycles. The molecule has 1 aromatic carbocycles. The molecule has 1 heterocycles. The van der Waals surface area contributed by atoms with Crippen molar-refractivity contribution < 1.29 is 19.1 Å². The SMILES string of the molecule is CCOC(=O)N1CCN(C(=O)CC(=O)Nc2ccc(Cl)c(Cl)c2)CC1. The monoisotopic (exact) mass is 387 g/mol. The van der Waals surface area contributed by atoms with E-state index in [2.05, 4.69) is 5.32 Å². The van der Waals surface area contributed by atoms with Gasteiger partial charge in [0.15, 0.2) is 0 Å². The smallest absolute Gasteiger partial charge is 0.409 e. The number of rotatable bonds is 4. The summed E-state index contributed by atoms with van der Waals surface area (Å²) in [4.78, 5) is 38.9. The Morgan fingerprint density at radius 1 is 1.08 bits per heavy atom. The number of amides is 3. The number of carbonyl (C=O) groups excluding carboxylic acids is 3. The number of ether oxygens (including phenoxy) is 1. The van der Waals surface area contributed by atoms with Crippen LogP contribution in [0.5, 0.6) is 0 Å². The van der Waals surface area contributed by atoms with Gasteiger partial charge in [-0.05, 0) is 25.1 Å². The quantitative estimate of drug-likeness (QED) is 0.805. The number of halogens is 2. The standard InChI is InChI=1S/C16H19Cl2N3O4/c1-2-25-16(24)21-7-5-20(6-8-21)15(23)10-14(22)19-11-3-4-12(17)13(18)9-11/h3-4,9H,2,5-8,10H2,1H3,(H,19,22). The zero-order valence-electron chi connectivity index (χ0n) is 13.8. The van der Waals surface area contributed by atoms with Gasteiger partial charge in [0.05, 0.1) is 16.7 Å². The average Bonchev–Trinajstić information content (AvgIpc) is 2.58. The van der Waals surface area contributed by atoms with E-state index < -0.39 is 5.91 Å². The number of nitrogens with one attached hydrogen (secondary N) is 1. The lowest BCUT2D eigenvalue weighted by Crippen LogP contribution is -2.51. The highest BCUT2D eigenvalue weighted by Gasteiger charge is 2.25. The van der Waals surface area contributed by atoms with Crippen molar-refractivity contribution >= 4 is 46.8 Å². The second-order valence-corrected chi connectivity index (χ2v) is 6.23. The zero-order valence-corrected chi connectivity index (χ0v) is 15.3. The Labute approximate surface area is 155 Å². The molecule has 0 radical (unpaired) electrons. The minimum atomic E-state index is -0.434. The van der Waals surface area contributed by atoms with E-state index in [4.69, 9.17) is 27.9 Å². The Hall–Kier alpha value is -1.99. The van der Waals surface area contributed by atoms with Crippen molar-refractivity contribution in [2.45, 2.75) is 13.3 Å². The minimum Gasteiger partial charge on any atom is -0.450 e. The van der Waals surface area contributed by atoms with Gasteiger partial charge in [-0.2, -0.15) is 0 Å². The van der Waals surface area contributed by atoms with E-state index in [-0.39, 0.29) is 18.4 Å². The van der Waals surface area contributed by atoms with Crippen molar-refractivity contribution in [3.05, 3.63) is 28.2 Å². The van der Waals surface area contributed by atoms with Crippen LogP contribution >= 0.6 is 23.2 Å². The van der Waals surface area contributed by atoms with Crippen molar-refractivity contribution in [3.63, 3.8) is 0 Å². The summed E-state index contributed by atoms with van der Waals surface area (Å²) in [7, 11) is 0. The Balaban J connectivity index is 1.81. The molecule has 1 aliphatic rings. The largest absolute Gasteiger partial charge is 0.450 e. The molecule has 0 atom stereocenters. The van der Waals surface area contributed by atoms with Crippen LogP contribution < -0.4 is 5.32 Å². The van der Waals surface area contributed by atoms with Crippen LogP contribution in [0, 0.1) is 0 Å². The van der Waals surface area contributed by atoms with Crippen molar-refractivity contribution in [1.82, 2.24) is 9.80 Å². The van der Waals surface area contributed by atoms with Crippen molar-refractivity contribution in [2.24, 2.45) is 0 Å². The fourth-order valence-electron chi connectivity index (χ4n) is 2.38. The fraction of sp³-hybridized carbons (Fsp3) is 0.438. The molecule has 0 saturated carbocycles. The third-order valence-electron chi connectivity index (χ3n) is 3.67. The second-order valence-electron chi connectivity index (χ2n) is 5.42. The Bertz CT molecular complexity index is 661. The van der Waals surface area contributed by atoms with Gasteiger partial charge >= 0.3 is 6.09 Å². The van der Waals surface area contributed by atoms with Crippen LogP contribution in [0.4, 0.5) is 10.5 Å². The highest BCUT2D eigenvalue weighted by molar-refractivity contribution is 6.42. The minimum absolute atomic E-state index is 0.278. The van der Waals surface area contributed by atoms with Gasteiger partial charge in [-0.3, -0.25) is 9.59 Å². The van der Waals surface area contributed by atoms with E-state index in [9.17, 15) is 14.4 Å². The van der Waals surface area contributed by atoms with Crippen LogP contribution in [0.15, 0.2) is 18.2 Å². The summed E-state index contributed by atoms with van der Waals surface area (Å²) < 4.78 is 4.93. The first-order valence-corrected chi connectivity index (χ1v) is 8.60. The number of hydrogen-bond donors (Lipinski definition) is 1. The van der Waals surface area contributed by atoms with E-state index in [1.54, 1.807) is 28.9 Å².